The van der Waals surface area contributed by atoms with E-state index in [4.69, 9.17) is 26.8 Å². The van der Waals surface area contributed by atoms with Crippen molar-refractivity contribution in [2.24, 2.45) is 11.5 Å². The third-order valence-electron chi connectivity index (χ3n) is 1.72. The average molecular weight is 294 g/mol. The molecule has 20 heavy (non-hydrogen) atoms. The Labute approximate surface area is 114 Å². The van der Waals surface area contributed by atoms with Gasteiger partial charge in [0.25, 0.3) is 0 Å². The summed E-state index contributed by atoms with van der Waals surface area (Å²) < 4.78 is 4.48. The number of rotatable bonds is 7. The first-order valence-corrected chi connectivity index (χ1v) is 5.45. The normalized spacial score (nSPS) is 12.3. The molecule has 0 radical (unpaired) electrons. The van der Waals surface area contributed by atoms with Crippen molar-refractivity contribution in [3.8, 4) is 0 Å². The third kappa shape index (κ3) is 12.3. The maximum Gasteiger partial charge on any atom is 0.321 e. The predicted octanol–water partition coefficient (Wildman–Crippen LogP) is -1.78. The minimum Gasteiger partial charge on any atom is -0.481 e. The van der Waals surface area contributed by atoms with Crippen molar-refractivity contribution in [3.05, 3.63) is 0 Å². The summed E-state index contributed by atoms with van der Waals surface area (Å²) in [6.07, 6.45) is -0.807. The molecule has 0 aliphatic heterocycles. The highest BCUT2D eigenvalue weighted by Gasteiger charge is 2.16. The van der Waals surface area contributed by atoms with Crippen LogP contribution in [0.1, 0.15) is 19.8 Å². The van der Waals surface area contributed by atoms with E-state index < -0.39 is 42.4 Å². The Morgan fingerprint density at radius 3 is 1.60 bits per heavy atom. The van der Waals surface area contributed by atoms with Crippen molar-refractivity contribution in [2.75, 3.05) is 6.61 Å². The molecular weight excluding hydrogens is 276 g/mol. The molecule has 10 nitrogen and oxygen atoms in total. The average Bonchev–Trinajstić information content (AvgIpc) is 2.28. The number of carboxylic acids is 3. The molecule has 0 aliphatic rings. The zero-order chi connectivity index (χ0) is 16.3. The van der Waals surface area contributed by atoms with Gasteiger partial charge < -0.3 is 31.5 Å². The van der Waals surface area contributed by atoms with E-state index in [0.29, 0.717) is 0 Å². The van der Waals surface area contributed by atoms with E-state index in [1.165, 1.54) is 0 Å². The van der Waals surface area contributed by atoms with Crippen LogP contribution in [0.4, 0.5) is 0 Å². The van der Waals surface area contributed by atoms with Crippen LogP contribution in [0.5, 0.6) is 0 Å². The van der Waals surface area contributed by atoms with Crippen molar-refractivity contribution in [3.63, 3.8) is 0 Å². The van der Waals surface area contributed by atoms with Crippen molar-refractivity contribution in [2.45, 2.75) is 31.8 Å². The molecular formula is C10H18N2O8. The van der Waals surface area contributed by atoms with Gasteiger partial charge in [0.05, 0.1) is 19.4 Å². The number of esters is 1. The molecule has 116 valence electrons. The molecule has 0 aliphatic carbocycles. The van der Waals surface area contributed by atoms with Crippen LogP contribution in [0.2, 0.25) is 0 Å². The number of hydrogen-bond donors (Lipinski definition) is 5. The van der Waals surface area contributed by atoms with E-state index in [2.05, 4.69) is 4.74 Å². The molecule has 2 atom stereocenters. The van der Waals surface area contributed by atoms with E-state index in [1.807, 2.05) is 0 Å². The Morgan fingerprint density at radius 1 is 0.950 bits per heavy atom. The van der Waals surface area contributed by atoms with Crippen molar-refractivity contribution < 1.29 is 39.2 Å². The fourth-order valence-corrected chi connectivity index (χ4v) is 0.762. The van der Waals surface area contributed by atoms with Crippen LogP contribution in [0, 0.1) is 0 Å². The van der Waals surface area contributed by atoms with Crippen molar-refractivity contribution in [1.29, 1.82) is 0 Å². The molecule has 0 bridgehead atoms. The molecule has 7 N–H and O–H groups in total. The molecule has 0 aromatic heterocycles. The molecule has 0 saturated carbocycles. The smallest absolute Gasteiger partial charge is 0.321 e. The molecule has 0 spiro atoms. The first-order valence-electron chi connectivity index (χ1n) is 5.45. The maximum atomic E-state index is 10.6. The van der Waals surface area contributed by atoms with Gasteiger partial charge in [-0.3, -0.25) is 19.2 Å². The molecule has 0 amide bonds. The van der Waals surface area contributed by atoms with E-state index >= 15 is 0 Å². The van der Waals surface area contributed by atoms with E-state index in [1.54, 1.807) is 6.92 Å². The highest BCUT2D eigenvalue weighted by atomic mass is 16.5. The van der Waals surface area contributed by atoms with E-state index in [9.17, 15) is 19.2 Å². The molecule has 0 aromatic rings. The van der Waals surface area contributed by atoms with Gasteiger partial charge in [-0.05, 0) is 6.92 Å². The zero-order valence-corrected chi connectivity index (χ0v) is 10.8. The fourth-order valence-electron chi connectivity index (χ4n) is 0.762. The quantitative estimate of drug-likeness (QED) is 0.335. The van der Waals surface area contributed by atoms with Gasteiger partial charge >= 0.3 is 23.9 Å². The molecule has 0 rings (SSSR count). The van der Waals surface area contributed by atoms with Crippen LogP contribution in [0.25, 0.3) is 0 Å². The van der Waals surface area contributed by atoms with Crippen molar-refractivity contribution >= 4 is 23.9 Å². The Kier molecular flexibility index (Phi) is 10.8. The van der Waals surface area contributed by atoms with Crippen LogP contribution >= 0.6 is 0 Å². The SMILES string of the molecule is CCOC(=O)CC(N)C(=O)O.NC(CC(=O)O)C(=O)O. The summed E-state index contributed by atoms with van der Waals surface area (Å²) >= 11 is 0. The minimum absolute atomic E-state index is 0.241. The highest BCUT2D eigenvalue weighted by molar-refractivity contribution is 5.81. The highest BCUT2D eigenvalue weighted by Crippen LogP contribution is 1.91. The summed E-state index contributed by atoms with van der Waals surface area (Å²) in [6.45, 7) is 1.88. The summed E-state index contributed by atoms with van der Waals surface area (Å²) in [4.78, 5) is 40.3. The monoisotopic (exact) mass is 294 g/mol. The Morgan fingerprint density at radius 2 is 1.35 bits per heavy atom. The topological polar surface area (TPSA) is 190 Å². The Balaban J connectivity index is 0. The lowest BCUT2D eigenvalue weighted by atomic mass is 10.2. The van der Waals surface area contributed by atoms with Gasteiger partial charge in [-0.2, -0.15) is 0 Å². The number of carboxylic acid groups (broad SMARTS) is 3. The lowest BCUT2D eigenvalue weighted by molar-refractivity contribution is -0.148. The number of nitrogens with two attached hydrogens (primary N) is 2. The number of carbonyl (C=O) groups excluding carboxylic acids is 1. The molecule has 0 fully saturated rings. The third-order valence-corrected chi connectivity index (χ3v) is 1.72. The van der Waals surface area contributed by atoms with Crippen LogP contribution in [0.15, 0.2) is 0 Å². The summed E-state index contributed by atoms with van der Waals surface area (Å²) in [6, 6.07) is -2.45. The number of hydrogen-bond acceptors (Lipinski definition) is 7. The van der Waals surface area contributed by atoms with Gasteiger partial charge in [0.1, 0.15) is 12.1 Å². The maximum absolute atomic E-state index is 10.6. The van der Waals surface area contributed by atoms with Gasteiger partial charge in [-0.1, -0.05) is 0 Å². The lowest BCUT2D eigenvalue weighted by Gasteiger charge is -2.04. The van der Waals surface area contributed by atoms with Gasteiger partial charge in [0.2, 0.25) is 0 Å². The second-order valence-corrected chi connectivity index (χ2v) is 3.50. The van der Waals surface area contributed by atoms with E-state index in [-0.39, 0.29) is 13.0 Å². The second-order valence-electron chi connectivity index (χ2n) is 3.50. The lowest BCUT2D eigenvalue weighted by Crippen LogP contribution is -2.33. The van der Waals surface area contributed by atoms with Crippen LogP contribution < -0.4 is 11.5 Å². The van der Waals surface area contributed by atoms with Gasteiger partial charge in [0.15, 0.2) is 0 Å². The molecule has 0 aromatic carbocycles. The summed E-state index contributed by atoms with van der Waals surface area (Å²) in [5.41, 5.74) is 9.88. The minimum atomic E-state index is -1.29. The molecule has 0 heterocycles. The Hall–Kier alpha value is -2.20. The van der Waals surface area contributed by atoms with Gasteiger partial charge in [0, 0.05) is 0 Å². The fraction of sp³-hybridized carbons (Fsp3) is 0.600. The Bertz CT molecular complexity index is 357. The molecule has 10 heteroatoms. The van der Waals surface area contributed by atoms with E-state index in [0.717, 1.165) is 0 Å². The molecule has 2 unspecified atom stereocenters. The molecule has 0 saturated heterocycles. The predicted molar refractivity (Wildman–Crippen MR) is 64.7 cm³/mol. The first kappa shape index (κ1) is 20.1. The summed E-state index contributed by atoms with van der Waals surface area (Å²) in [7, 11) is 0. The van der Waals surface area contributed by atoms with Crippen molar-refractivity contribution in [1.82, 2.24) is 0 Å². The largest absolute Gasteiger partial charge is 0.481 e. The van der Waals surface area contributed by atoms with Crippen LogP contribution in [0.3, 0.4) is 0 Å². The standard InChI is InChI=1S/C6H11NO4.C4H7NO4/c1-2-11-5(8)3-4(7)6(9)10;5-2(4(8)9)1-3(6)7/h4H,2-3,7H2,1H3,(H,9,10);2H,1,5H2,(H,6,7)(H,8,9). The number of ether oxygens (including phenoxy) is 1. The number of aliphatic carboxylic acids is 3. The zero-order valence-electron chi connectivity index (χ0n) is 10.8. The summed E-state index contributed by atoms with van der Waals surface area (Å²) in [5.74, 6) is -4.28. The second kappa shape index (κ2) is 10.7. The van der Waals surface area contributed by atoms with Crippen LogP contribution in [-0.2, 0) is 23.9 Å². The first-order chi connectivity index (χ1) is 9.11. The summed E-state index contributed by atoms with van der Waals surface area (Å²) in [5, 5.41) is 24.3. The van der Waals surface area contributed by atoms with Crippen LogP contribution in [-0.4, -0.2) is 57.9 Å². The van der Waals surface area contributed by atoms with Gasteiger partial charge in [-0.25, -0.2) is 0 Å². The van der Waals surface area contributed by atoms with Gasteiger partial charge in [-0.15, -0.1) is 0 Å². The number of carbonyl (C=O) groups is 4.